The van der Waals surface area contributed by atoms with Gasteiger partial charge in [-0.1, -0.05) is 19.9 Å². The van der Waals surface area contributed by atoms with E-state index in [-0.39, 0.29) is 49.1 Å². The summed E-state index contributed by atoms with van der Waals surface area (Å²) in [6.07, 6.45) is 2.23. The third kappa shape index (κ3) is 7.58. The number of piperidine rings is 1. The molecular weight excluding hydrogens is 407 g/mol. The summed E-state index contributed by atoms with van der Waals surface area (Å²) in [5, 5.41) is 7.68. The van der Waals surface area contributed by atoms with Crippen molar-refractivity contribution in [1.29, 1.82) is 0 Å². The maximum atomic E-state index is 12.1. The highest BCUT2D eigenvalue weighted by atomic mass is 35.5. The molecule has 27 heavy (non-hydrogen) atoms. The lowest BCUT2D eigenvalue weighted by molar-refractivity contribution is -0.127. The van der Waals surface area contributed by atoms with Gasteiger partial charge in [0.15, 0.2) is 0 Å². The number of halogens is 2. The van der Waals surface area contributed by atoms with E-state index in [1.807, 2.05) is 13.8 Å². The number of nitrogens with one attached hydrogen (secondary N) is 2. The molecule has 2 heterocycles. The molecule has 3 atom stereocenters. The number of thiophene rings is 1. The second kappa shape index (κ2) is 12.6. The van der Waals surface area contributed by atoms with Gasteiger partial charge in [-0.25, -0.2) is 0 Å². The SMILES string of the molecule is CC(C)[C@H](N)C(=O)NCC(=O)NCC1CCCN(C)C1c1cccs1.Cl.Cl. The predicted octanol–water partition coefficient (Wildman–Crippen LogP) is 2.19. The Kier molecular flexibility index (Phi) is 12.2. The molecule has 0 spiro atoms. The second-order valence-corrected chi connectivity index (χ2v) is 8.11. The highest BCUT2D eigenvalue weighted by molar-refractivity contribution is 7.10. The second-order valence-electron chi connectivity index (χ2n) is 7.13. The average Bonchev–Trinajstić information content (AvgIpc) is 3.11. The minimum atomic E-state index is -0.581. The van der Waals surface area contributed by atoms with Gasteiger partial charge in [0.05, 0.1) is 12.6 Å². The molecule has 6 nitrogen and oxygen atoms in total. The molecule has 4 N–H and O–H groups in total. The van der Waals surface area contributed by atoms with Crippen LogP contribution in [0.1, 0.15) is 37.6 Å². The lowest BCUT2D eigenvalue weighted by atomic mass is 9.88. The highest BCUT2D eigenvalue weighted by Gasteiger charge is 2.31. The van der Waals surface area contributed by atoms with Crippen LogP contribution in [0.5, 0.6) is 0 Å². The Balaban J connectivity index is 0.00000338. The fraction of sp³-hybridized carbons (Fsp3) is 0.667. The van der Waals surface area contributed by atoms with Gasteiger partial charge in [-0.2, -0.15) is 0 Å². The van der Waals surface area contributed by atoms with Crippen LogP contribution in [0.25, 0.3) is 0 Å². The van der Waals surface area contributed by atoms with Crippen LogP contribution in [0.15, 0.2) is 17.5 Å². The summed E-state index contributed by atoms with van der Waals surface area (Å²) < 4.78 is 0. The van der Waals surface area contributed by atoms with Gasteiger partial charge >= 0.3 is 0 Å². The number of amides is 2. The van der Waals surface area contributed by atoms with Crippen LogP contribution in [0.2, 0.25) is 0 Å². The summed E-state index contributed by atoms with van der Waals surface area (Å²) in [6, 6.07) is 4.01. The quantitative estimate of drug-likeness (QED) is 0.608. The van der Waals surface area contributed by atoms with E-state index >= 15 is 0 Å². The van der Waals surface area contributed by atoms with E-state index in [0.717, 1.165) is 19.4 Å². The minimum absolute atomic E-state index is 0. The van der Waals surface area contributed by atoms with Crippen LogP contribution in [-0.2, 0) is 9.59 Å². The topological polar surface area (TPSA) is 87.5 Å². The van der Waals surface area contributed by atoms with Crippen molar-refractivity contribution in [2.75, 3.05) is 26.7 Å². The first-order valence-electron chi connectivity index (χ1n) is 8.93. The predicted molar refractivity (Wildman–Crippen MR) is 116 cm³/mol. The lowest BCUT2D eigenvalue weighted by Gasteiger charge is -2.38. The molecule has 2 unspecified atom stereocenters. The van der Waals surface area contributed by atoms with Gasteiger partial charge in [0.25, 0.3) is 0 Å². The molecule has 9 heteroatoms. The first-order valence-corrected chi connectivity index (χ1v) is 9.81. The number of hydrogen-bond acceptors (Lipinski definition) is 5. The molecular formula is C18H32Cl2N4O2S. The lowest BCUT2D eigenvalue weighted by Crippen LogP contribution is -2.48. The van der Waals surface area contributed by atoms with Crippen LogP contribution < -0.4 is 16.4 Å². The molecule has 0 aliphatic carbocycles. The number of nitrogens with zero attached hydrogens (tertiary/aromatic N) is 1. The molecule has 1 fully saturated rings. The van der Waals surface area contributed by atoms with Gasteiger partial charge < -0.3 is 16.4 Å². The van der Waals surface area contributed by atoms with Gasteiger partial charge in [-0.05, 0) is 49.7 Å². The number of nitrogens with two attached hydrogens (primary N) is 1. The Morgan fingerprint density at radius 3 is 2.63 bits per heavy atom. The summed E-state index contributed by atoms with van der Waals surface area (Å²) >= 11 is 1.77. The summed E-state index contributed by atoms with van der Waals surface area (Å²) in [6.45, 7) is 5.45. The molecule has 0 saturated carbocycles. The number of carbonyl (C=O) groups excluding carboxylic acids is 2. The van der Waals surface area contributed by atoms with E-state index in [1.54, 1.807) is 11.3 Å². The summed E-state index contributed by atoms with van der Waals surface area (Å²) in [5.41, 5.74) is 5.78. The Morgan fingerprint density at radius 1 is 1.33 bits per heavy atom. The van der Waals surface area contributed by atoms with Crippen LogP contribution in [0.3, 0.4) is 0 Å². The van der Waals surface area contributed by atoms with Crippen molar-refractivity contribution >= 4 is 48.0 Å². The van der Waals surface area contributed by atoms with Crippen molar-refractivity contribution in [3.8, 4) is 0 Å². The molecule has 1 aromatic heterocycles. The van der Waals surface area contributed by atoms with Crippen LogP contribution >= 0.6 is 36.2 Å². The van der Waals surface area contributed by atoms with Gasteiger partial charge in [0.2, 0.25) is 11.8 Å². The first kappa shape index (κ1) is 26.1. The maximum Gasteiger partial charge on any atom is 0.239 e. The van der Waals surface area contributed by atoms with Gasteiger partial charge in [-0.15, -0.1) is 36.2 Å². The monoisotopic (exact) mass is 438 g/mol. The largest absolute Gasteiger partial charge is 0.354 e. The zero-order chi connectivity index (χ0) is 18.4. The number of rotatable bonds is 7. The summed E-state index contributed by atoms with van der Waals surface area (Å²) in [4.78, 5) is 27.6. The number of likely N-dealkylation sites (tertiary alicyclic amines) is 1. The Bertz CT molecular complexity index is 572. The third-order valence-electron chi connectivity index (χ3n) is 4.85. The van der Waals surface area contributed by atoms with Crippen LogP contribution in [-0.4, -0.2) is 49.4 Å². The van der Waals surface area contributed by atoms with Crippen molar-refractivity contribution in [3.63, 3.8) is 0 Å². The Labute approximate surface area is 178 Å². The molecule has 0 radical (unpaired) electrons. The molecule has 0 aromatic carbocycles. The third-order valence-corrected chi connectivity index (χ3v) is 5.79. The zero-order valence-electron chi connectivity index (χ0n) is 16.1. The van der Waals surface area contributed by atoms with Crippen molar-refractivity contribution < 1.29 is 9.59 Å². The molecule has 1 aliphatic rings. The molecule has 0 bridgehead atoms. The van der Waals surface area contributed by atoms with Crippen LogP contribution in [0, 0.1) is 11.8 Å². The minimum Gasteiger partial charge on any atom is -0.354 e. The molecule has 1 aliphatic heterocycles. The van der Waals surface area contributed by atoms with Gasteiger partial charge in [0, 0.05) is 17.5 Å². The maximum absolute atomic E-state index is 12.1. The molecule has 1 saturated heterocycles. The van der Waals surface area contributed by atoms with E-state index in [2.05, 4.69) is 40.1 Å². The van der Waals surface area contributed by atoms with E-state index in [0.29, 0.717) is 18.5 Å². The molecule has 2 rings (SSSR count). The molecule has 2 amide bonds. The highest BCUT2D eigenvalue weighted by Crippen LogP contribution is 2.36. The fourth-order valence-corrected chi connectivity index (χ4v) is 4.26. The van der Waals surface area contributed by atoms with Crippen LogP contribution in [0.4, 0.5) is 0 Å². The first-order chi connectivity index (χ1) is 11.9. The fourth-order valence-electron chi connectivity index (χ4n) is 3.28. The van der Waals surface area contributed by atoms with Crippen molar-refractivity contribution in [2.24, 2.45) is 17.6 Å². The Hall–Kier alpha value is -0.860. The van der Waals surface area contributed by atoms with E-state index < -0.39 is 6.04 Å². The summed E-state index contributed by atoms with van der Waals surface area (Å²) in [5.74, 6) is -0.0103. The van der Waals surface area contributed by atoms with Crippen molar-refractivity contribution in [1.82, 2.24) is 15.5 Å². The van der Waals surface area contributed by atoms with E-state index in [9.17, 15) is 9.59 Å². The van der Waals surface area contributed by atoms with Gasteiger partial charge in [-0.3, -0.25) is 14.5 Å². The summed E-state index contributed by atoms with van der Waals surface area (Å²) in [7, 11) is 2.14. The van der Waals surface area contributed by atoms with E-state index in [1.165, 1.54) is 4.88 Å². The smallest absolute Gasteiger partial charge is 0.239 e. The number of hydrogen-bond donors (Lipinski definition) is 3. The Morgan fingerprint density at radius 2 is 2.04 bits per heavy atom. The standard InChI is InChI=1S/C18H30N4O2S.2ClH/c1-12(2)16(19)18(24)21-11-15(23)20-10-13-6-4-8-22(3)17(13)14-7-5-9-25-14;;/h5,7,9,12-13,16-17H,4,6,8,10-11,19H2,1-3H3,(H,20,23)(H,21,24);2*1H/t13?,16-,17?;;/m0../s1. The van der Waals surface area contributed by atoms with E-state index in [4.69, 9.17) is 5.73 Å². The van der Waals surface area contributed by atoms with Crippen molar-refractivity contribution in [3.05, 3.63) is 22.4 Å². The zero-order valence-corrected chi connectivity index (χ0v) is 18.6. The normalized spacial score (nSPS) is 20.9. The molecule has 1 aromatic rings. The molecule has 156 valence electrons. The number of carbonyl (C=O) groups is 2. The average molecular weight is 439 g/mol. The van der Waals surface area contributed by atoms with Crippen molar-refractivity contribution in [2.45, 2.75) is 38.8 Å². The van der Waals surface area contributed by atoms with Gasteiger partial charge in [0.1, 0.15) is 0 Å².